The molecular weight excluding hydrogens is 168 g/mol. The van der Waals surface area contributed by atoms with Gasteiger partial charge in [0, 0.05) is 6.04 Å². The van der Waals surface area contributed by atoms with Crippen LogP contribution in [-0.2, 0) is 9.59 Å². The van der Waals surface area contributed by atoms with Gasteiger partial charge in [0.05, 0.1) is 12.5 Å². The SMILES string of the molecule is CCC1CC1NC1CC(=O)NC1=O. The van der Waals surface area contributed by atoms with E-state index in [0.29, 0.717) is 18.4 Å². The Hall–Kier alpha value is -0.900. The molecule has 3 unspecified atom stereocenters. The summed E-state index contributed by atoms with van der Waals surface area (Å²) in [5.74, 6) is 0.395. The van der Waals surface area contributed by atoms with Crippen molar-refractivity contribution in [3.8, 4) is 0 Å². The number of rotatable bonds is 3. The van der Waals surface area contributed by atoms with Gasteiger partial charge in [-0.2, -0.15) is 0 Å². The van der Waals surface area contributed by atoms with Crippen molar-refractivity contribution in [1.82, 2.24) is 10.6 Å². The Morgan fingerprint density at radius 1 is 1.54 bits per heavy atom. The zero-order chi connectivity index (χ0) is 9.42. The Balaban J connectivity index is 1.83. The van der Waals surface area contributed by atoms with Gasteiger partial charge in [0.15, 0.2) is 0 Å². The van der Waals surface area contributed by atoms with Crippen molar-refractivity contribution in [2.45, 2.75) is 38.3 Å². The van der Waals surface area contributed by atoms with Crippen LogP contribution >= 0.6 is 0 Å². The highest BCUT2D eigenvalue weighted by Crippen LogP contribution is 2.33. The van der Waals surface area contributed by atoms with E-state index in [1.807, 2.05) is 0 Å². The third-order valence-corrected chi connectivity index (χ3v) is 2.83. The summed E-state index contributed by atoms with van der Waals surface area (Å²) in [7, 11) is 0. The molecule has 2 N–H and O–H groups in total. The maximum atomic E-state index is 11.1. The summed E-state index contributed by atoms with van der Waals surface area (Å²) in [6.45, 7) is 2.15. The smallest absolute Gasteiger partial charge is 0.244 e. The minimum atomic E-state index is -0.269. The van der Waals surface area contributed by atoms with Crippen LogP contribution in [0.4, 0.5) is 0 Å². The summed E-state index contributed by atoms with van der Waals surface area (Å²) in [6.07, 6.45) is 2.61. The number of hydrogen-bond acceptors (Lipinski definition) is 3. The Kier molecular flexibility index (Phi) is 2.07. The molecule has 0 spiro atoms. The Bertz CT molecular complexity index is 252. The molecule has 0 radical (unpaired) electrons. The summed E-state index contributed by atoms with van der Waals surface area (Å²) < 4.78 is 0. The lowest BCUT2D eigenvalue weighted by Gasteiger charge is -2.07. The van der Waals surface area contributed by atoms with Crippen LogP contribution in [0.3, 0.4) is 0 Å². The molecule has 0 bridgehead atoms. The number of amides is 2. The largest absolute Gasteiger partial charge is 0.302 e. The quantitative estimate of drug-likeness (QED) is 0.594. The Morgan fingerprint density at radius 2 is 2.31 bits per heavy atom. The molecule has 2 rings (SSSR count). The first-order valence-electron chi connectivity index (χ1n) is 4.80. The van der Waals surface area contributed by atoms with Gasteiger partial charge >= 0.3 is 0 Å². The number of hydrogen-bond donors (Lipinski definition) is 2. The molecule has 72 valence electrons. The van der Waals surface area contributed by atoms with E-state index in [0.717, 1.165) is 12.8 Å². The van der Waals surface area contributed by atoms with Crippen molar-refractivity contribution in [3.63, 3.8) is 0 Å². The van der Waals surface area contributed by atoms with Crippen LogP contribution in [0.2, 0.25) is 0 Å². The predicted octanol–water partition coefficient (Wildman–Crippen LogP) is -0.210. The van der Waals surface area contributed by atoms with Crippen LogP contribution in [0, 0.1) is 5.92 Å². The van der Waals surface area contributed by atoms with Crippen molar-refractivity contribution in [2.24, 2.45) is 5.92 Å². The molecule has 1 aliphatic carbocycles. The average Bonchev–Trinajstić information content (AvgIpc) is 2.74. The Morgan fingerprint density at radius 3 is 2.77 bits per heavy atom. The first-order chi connectivity index (χ1) is 6.20. The fourth-order valence-electron chi connectivity index (χ4n) is 1.85. The van der Waals surface area contributed by atoms with Crippen molar-refractivity contribution in [2.75, 3.05) is 0 Å². The highest BCUT2D eigenvalue weighted by atomic mass is 16.2. The van der Waals surface area contributed by atoms with Crippen LogP contribution in [0.5, 0.6) is 0 Å². The monoisotopic (exact) mass is 182 g/mol. The first kappa shape index (κ1) is 8.69. The number of nitrogens with one attached hydrogen (secondary N) is 2. The fraction of sp³-hybridized carbons (Fsp3) is 0.778. The molecular formula is C9H14N2O2. The van der Waals surface area contributed by atoms with Crippen LogP contribution in [0.15, 0.2) is 0 Å². The summed E-state index contributed by atoms with van der Waals surface area (Å²) in [4.78, 5) is 22.0. The molecule has 1 saturated carbocycles. The summed E-state index contributed by atoms with van der Waals surface area (Å²) in [6, 6.07) is 0.195. The minimum absolute atomic E-state index is 0.156. The molecule has 0 aromatic rings. The third kappa shape index (κ3) is 1.72. The van der Waals surface area contributed by atoms with Gasteiger partial charge < -0.3 is 5.32 Å². The number of carbonyl (C=O) groups is 2. The van der Waals surface area contributed by atoms with Gasteiger partial charge in [0.1, 0.15) is 0 Å². The lowest BCUT2D eigenvalue weighted by atomic mass is 10.2. The van der Waals surface area contributed by atoms with Crippen molar-refractivity contribution in [3.05, 3.63) is 0 Å². The molecule has 1 aliphatic heterocycles. The van der Waals surface area contributed by atoms with Gasteiger partial charge in [-0.25, -0.2) is 0 Å². The van der Waals surface area contributed by atoms with E-state index in [1.165, 1.54) is 0 Å². The van der Waals surface area contributed by atoms with E-state index in [9.17, 15) is 9.59 Å². The molecule has 4 heteroatoms. The molecule has 2 fully saturated rings. The van der Waals surface area contributed by atoms with E-state index in [4.69, 9.17) is 0 Å². The minimum Gasteiger partial charge on any atom is -0.302 e. The lowest BCUT2D eigenvalue weighted by Crippen LogP contribution is -2.38. The second kappa shape index (κ2) is 3.10. The third-order valence-electron chi connectivity index (χ3n) is 2.83. The molecule has 0 aromatic carbocycles. The fourth-order valence-corrected chi connectivity index (χ4v) is 1.85. The second-order valence-electron chi connectivity index (χ2n) is 3.85. The Labute approximate surface area is 77.1 Å². The highest BCUT2D eigenvalue weighted by Gasteiger charge is 2.40. The zero-order valence-corrected chi connectivity index (χ0v) is 7.67. The van der Waals surface area contributed by atoms with Crippen LogP contribution < -0.4 is 10.6 Å². The molecule has 4 nitrogen and oxygen atoms in total. The predicted molar refractivity (Wildman–Crippen MR) is 46.9 cm³/mol. The van der Waals surface area contributed by atoms with Crippen LogP contribution in [0.25, 0.3) is 0 Å². The lowest BCUT2D eigenvalue weighted by molar-refractivity contribution is -0.125. The molecule has 0 aromatic heterocycles. The van der Waals surface area contributed by atoms with Gasteiger partial charge in [-0.05, 0) is 12.3 Å². The topological polar surface area (TPSA) is 58.2 Å². The normalized spacial score (nSPS) is 37.8. The van der Waals surface area contributed by atoms with E-state index in [1.54, 1.807) is 0 Å². The first-order valence-corrected chi connectivity index (χ1v) is 4.80. The summed E-state index contributed by atoms with van der Waals surface area (Å²) in [5.41, 5.74) is 0. The van der Waals surface area contributed by atoms with E-state index >= 15 is 0 Å². The van der Waals surface area contributed by atoms with Gasteiger partial charge in [-0.3, -0.25) is 14.9 Å². The summed E-state index contributed by atoms with van der Waals surface area (Å²) >= 11 is 0. The van der Waals surface area contributed by atoms with Crippen LogP contribution in [-0.4, -0.2) is 23.9 Å². The molecule has 1 saturated heterocycles. The molecule has 13 heavy (non-hydrogen) atoms. The van der Waals surface area contributed by atoms with E-state index in [2.05, 4.69) is 17.6 Å². The second-order valence-corrected chi connectivity index (χ2v) is 3.85. The standard InChI is InChI=1S/C9H14N2O2/c1-2-5-3-6(5)10-7-4-8(12)11-9(7)13/h5-7,10H,2-4H2,1H3,(H,11,12,13). The maximum Gasteiger partial charge on any atom is 0.244 e. The molecule has 2 amide bonds. The van der Waals surface area contributed by atoms with Crippen LogP contribution in [0.1, 0.15) is 26.2 Å². The maximum absolute atomic E-state index is 11.1. The average molecular weight is 182 g/mol. The van der Waals surface area contributed by atoms with Gasteiger partial charge in [0.25, 0.3) is 0 Å². The highest BCUT2D eigenvalue weighted by molar-refractivity contribution is 6.05. The van der Waals surface area contributed by atoms with Gasteiger partial charge in [-0.1, -0.05) is 13.3 Å². The van der Waals surface area contributed by atoms with Gasteiger partial charge in [-0.15, -0.1) is 0 Å². The van der Waals surface area contributed by atoms with Crippen molar-refractivity contribution < 1.29 is 9.59 Å². The molecule has 3 atom stereocenters. The molecule has 1 heterocycles. The van der Waals surface area contributed by atoms with Crippen molar-refractivity contribution >= 4 is 11.8 Å². The van der Waals surface area contributed by atoms with E-state index in [-0.39, 0.29) is 17.9 Å². The summed E-state index contributed by atoms with van der Waals surface area (Å²) in [5, 5.41) is 5.49. The number of imide groups is 1. The van der Waals surface area contributed by atoms with E-state index < -0.39 is 0 Å². The van der Waals surface area contributed by atoms with Crippen molar-refractivity contribution in [1.29, 1.82) is 0 Å². The molecule has 2 aliphatic rings. The zero-order valence-electron chi connectivity index (χ0n) is 7.67. The number of carbonyl (C=O) groups excluding carboxylic acids is 2. The van der Waals surface area contributed by atoms with Gasteiger partial charge in [0.2, 0.25) is 11.8 Å².